The van der Waals surface area contributed by atoms with Gasteiger partial charge in [-0.1, -0.05) is 18.2 Å². The van der Waals surface area contributed by atoms with E-state index in [9.17, 15) is 9.59 Å². The van der Waals surface area contributed by atoms with Crippen LogP contribution in [0.15, 0.2) is 24.3 Å². The maximum absolute atomic E-state index is 13.0. The van der Waals surface area contributed by atoms with Crippen molar-refractivity contribution in [3.8, 4) is 0 Å². The molecule has 136 valence electrons. The zero-order chi connectivity index (χ0) is 18.0. The smallest absolute Gasteiger partial charge is 0.414 e. The van der Waals surface area contributed by atoms with Crippen molar-refractivity contribution in [3.63, 3.8) is 0 Å². The molecule has 2 aliphatic rings. The molecule has 1 fully saturated rings. The van der Waals surface area contributed by atoms with Crippen molar-refractivity contribution in [3.05, 3.63) is 29.8 Å². The third-order valence-electron chi connectivity index (χ3n) is 4.15. The number of hydrogen-bond acceptors (Lipinski definition) is 5. The molecule has 3 rings (SSSR count). The Morgan fingerprint density at radius 2 is 2.00 bits per heavy atom. The van der Waals surface area contributed by atoms with Crippen LogP contribution in [-0.2, 0) is 14.3 Å². The van der Waals surface area contributed by atoms with E-state index in [1.807, 2.05) is 45.0 Å². The van der Waals surface area contributed by atoms with Gasteiger partial charge in [0, 0.05) is 13.1 Å². The fraction of sp³-hybridized carbons (Fsp3) is 0.556. The van der Waals surface area contributed by atoms with E-state index in [0.29, 0.717) is 26.3 Å². The summed E-state index contributed by atoms with van der Waals surface area (Å²) < 4.78 is 10.9. The molecule has 0 saturated carbocycles. The Morgan fingerprint density at radius 3 is 2.76 bits per heavy atom. The number of carbonyl (C=O) groups is 2. The molecule has 0 aliphatic carbocycles. The number of hydrogen-bond donors (Lipinski definition) is 1. The molecule has 7 nitrogen and oxygen atoms in total. The maximum Gasteiger partial charge on any atom is 0.414 e. The van der Waals surface area contributed by atoms with Gasteiger partial charge in [-0.15, -0.1) is 0 Å². The van der Waals surface area contributed by atoms with Gasteiger partial charge in [-0.25, -0.2) is 10.2 Å². The molecule has 0 spiro atoms. The highest BCUT2D eigenvalue weighted by molar-refractivity contribution is 5.97. The van der Waals surface area contributed by atoms with Crippen LogP contribution < -0.4 is 10.3 Å². The minimum Gasteiger partial charge on any atom is -0.443 e. The number of ether oxygens (including phenoxy) is 2. The van der Waals surface area contributed by atoms with Crippen molar-refractivity contribution in [2.24, 2.45) is 0 Å². The second-order valence-corrected chi connectivity index (χ2v) is 7.21. The number of fused-ring (bicyclic) bond motifs is 1. The number of hydrazine groups is 1. The Morgan fingerprint density at radius 1 is 1.24 bits per heavy atom. The first-order valence-electron chi connectivity index (χ1n) is 8.59. The zero-order valence-electron chi connectivity index (χ0n) is 14.9. The first-order chi connectivity index (χ1) is 11.9. The normalized spacial score (nSPS) is 20.8. The highest BCUT2D eigenvalue weighted by atomic mass is 16.6. The molecule has 2 aliphatic heterocycles. The Bertz CT molecular complexity index is 648. The zero-order valence-corrected chi connectivity index (χ0v) is 14.9. The quantitative estimate of drug-likeness (QED) is 0.840. The average Bonchev–Trinajstić information content (AvgIpc) is 2.73. The van der Waals surface area contributed by atoms with Gasteiger partial charge < -0.3 is 9.47 Å². The molecule has 0 bridgehead atoms. The van der Waals surface area contributed by atoms with Crippen LogP contribution in [0.4, 0.5) is 10.5 Å². The van der Waals surface area contributed by atoms with Crippen molar-refractivity contribution in [1.29, 1.82) is 0 Å². The first-order valence-corrected chi connectivity index (χ1v) is 8.59. The molecule has 1 aromatic carbocycles. The largest absolute Gasteiger partial charge is 0.443 e. The van der Waals surface area contributed by atoms with Crippen molar-refractivity contribution >= 4 is 17.7 Å². The molecular formula is C18H25N3O4. The summed E-state index contributed by atoms with van der Waals surface area (Å²) in [5.41, 5.74) is 4.10. The molecule has 1 unspecified atom stereocenters. The van der Waals surface area contributed by atoms with Crippen molar-refractivity contribution in [2.75, 3.05) is 37.7 Å². The lowest BCUT2D eigenvalue weighted by atomic mass is 10.0. The lowest BCUT2D eigenvalue weighted by Crippen LogP contribution is -2.47. The van der Waals surface area contributed by atoms with Crippen LogP contribution in [0.5, 0.6) is 0 Å². The number of rotatable bonds is 1. The van der Waals surface area contributed by atoms with E-state index < -0.39 is 17.6 Å². The monoisotopic (exact) mass is 347 g/mol. The number of para-hydroxylation sites is 1. The van der Waals surface area contributed by atoms with Gasteiger partial charge in [-0.2, -0.15) is 0 Å². The summed E-state index contributed by atoms with van der Waals surface area (Å²) in [5, 5.41) is 1.60. The van der Waals surface area contributed by atoms with Crippen molar-refractivity contribution in [2.45, 2.75) is 32.3 Å². The summed E-state index contributed by atoms with van der Waals surface area (Å²) in [5.74, 6) is -0.460. The lowest BCUT2D eigenvalue weighted by Gasteiger charge is -2.26. The number of anilines is 1. The summed E-state index contributed by atoms with van der Waals surface area (Å²) in [7, 11) is 0. The van der Waals surface area contributed by atoms with E-state index in [-0.39, 0.29) is 12.5 Å². The van der Waals surface area contributed by atoms with Crippen LogP contribution >= 0.6 is 0 Å². The van der Waals surface area contributed by atoms with Crippen LogP contribution in [0, 0.1) is 0 Å². The van der Waals surface area contributed by atoms with Crippen LogP contribution in [0.2, 0.25) is 0 Å². The third kappa shape index (κ3) is 3.93. The summed E-state index contributed by atoms with van der Waals surface area (Å²) in [6.07, 6.45) is -0.428. The Labute approximate surface area is 147 Å². The van der Waals surface area contributed by atoms with Crippen LogP contribution in [0.3, 0.4) is 0 Å². The van der Waals surface area contributed by atoms with Gasteiger partial charge in [0.25, 0.3) is 0 Å². The topological polar surface area (TPSA) is 71.1 Å². The molecule has 1 atom stereocenters. The summed E-state index contributed by atoms with van der Waals surface area (Å²) in [4.78, 5) is 27.1. The van der Waals surface area contributed by atoms with E-state index in [1.165, 1.54) is 0 Å². The van der Waals surface area contributed by atoms with Gasteiger partial charge in [0.15, 0.2) is 0 Å². The summed E-state index contributed by atoms with van der Waals surface area (Å²) in [6.45, 7) is 7.94. The molecule has 25 heavy (non-hydrogen) atoms. The Kier molecular flexibility index (Phi) is 4.96. The number of benzene rings is 1. The van der Waals surface area contributed by atoms with Gasteiger partial charge in [0.05, 0.1) is 31.4 Å². The van der Waals surface area contributed by atoms with Gasteiger partial charge in [0.2, 0.25) is 5.91 Å². The fourth-order valence-electron chi connectivity index (χ4n) is 3.07. The molecule has 1 saturated heterocycles. The van der Waals surface area contributed by atoms with Crippen LogP contribution in [0.25, 0.3) is 0 Å². The van der Waals surface area contributed by atoms with Gasteiger partial charge in [-0.3, -0.25) is 14.7 Å². The van der Waals surface area contributed by atoms with Gasteiger partial charge in [0.1, 0.15) is 5.60 Å². The van der Waals surface area contributed by atoms with E-state index >= 15 is 0 Å². The second kappa shape index (κ2) is 7.01. The maximum atomic E-state index is 13.0. The Balaban J connectivity index is 1.82. The van der Waals surface area contributed by atoms with Gasteiger partial charge >= 0.3 is 6.09 Å². The predicted octanol–water partition coefficient (Wildman–Crippen LogP) is 1.89. The molecule has 1 N–H and O–H groups in total. The molecule has 0 radical (unpaired) electrons. The van der Waals surface area contributed by atoms with Crippen molar-refractivity contribution < 1.29 is 19.1 Å². The van der Waals surface area contributed by atoms with Gasteiger partial charge in [-0.05, 0) is 32.4 Å². The SMILES string of the molecule is CC(C)(C)OC(=O)N1CC(C(=O)N2CCOCCN2)c2ccccc21. The minimum absolute atomic E-state index is 0.0518. The highest BCUT2D eigenvalue weighted by Gasteiger charge is 2.40. The fourth-order valence-corrected chi connectivity index (χ4v) is 3.07. The number of amides is 2. The lowest BCUT2D eigenvalue weighted by molar-refractivity contribution is -0.135. The van der Waals surface area contributed by atoms with Crippen LogP contribution in [0.1, 0.15) is 32.3 Å². The number of nitrogens with one attached hydrogen (secondary N) is 1. The van der Waals surface area contributed by atoms with E-state index in [2.05, 4.69) is 5.43 Å². The van der Waals surface area contributed by atoms with Crippen molar-refractivity contribution in [1.82, 2.24) is 10.4 Å². The number of carbonyl (C=O) groups excluding carboxylic acids is 2. The van der Waals surface area contributed by atoms with E-state index in [4.69, 9.17) is 9.47 Å². The first kappa shape index (κ1) is 17.7. The number of nitrogens with zero attached hydrogens (tertiary/aromatic N) is 2. The molecular weight excluding hydrogens is 322 g/mol. The summed E-state index contributed by atoms with van der Waals surface area (Å²) >= 11 is 0. The molecule has 1 aromatic rings. The average molecular weight is 347 g/mol. The summed E-state index contributed by atoms with van der Waals surface area (Å²) in [6, 6.07) is 7.50. The minimum atomic E-state index is -0.586. The predicted molar refractivity (Wildman–Crippen MR) is 93.3 cm³/mol. The Hall–Kier alpha value is -2.12. The molecule has 2 amide bonds. The van der Waals surface area contributed by atoms with E-state index in [0.717, 1.165) is 11.3 Å². The molecule has 0 aromatic heterocycles. The second-order valence-electron chi connectivity index (χ2n) is 7.21. The highest BCUT2D eigenvalue weighted by Crippen LogP contribution is 2.37. The molecule has 2 heterocycles. The van der Waals surface area contributed by atoms with E-state index in [1.54, 1.807) is 9.91 Å². The third-order valence-corrected chi connectivity index (χ3v) is 4.15. The van der Waals surface area contributed by atoms with Crippen LogP contribution in [-0.4, -0.2) is 55.5 Å². The standard InChI is InChI=1S/C18H25N3O4/c1-18(2,3)25-17(23)20-12-14(13-6-4-5-7-15(13)20)16(22)21-9-11-24-10-8-19-21/h4-7,14,19H,8-12H2,1-3H3. The molecule has 7 heteroatoms.